The van der Waals surface area contributed by atoms with Gasteiger partial charge in [-0.25, -0.2) is 13.4 Å². The molecule has 1 aromatic carbocycles. The number of anilines is 1. The summed E-state index contributed by atoms with van der Waals surface area (Å²) in [5.74, 6) is -0.568. The number of halogens is 3. The zero-order chi connectivity index (χ0) is 15.0. The highest BCUT2D eigenvalue weighted by Gasteiger charge is 2.28. The van der Waals surface area contributed by atoms with Crippen LogP contribution in [-0.4, -0.2) is 25.3 Å². The SMILES string of the molecule is Nc1ccc2nc(S(=O)(=O)CCCC(F)(F)F)sc2c1. The molecule has 1 heterocycles. The summed E-state index contributed by atoms with van der Waals surface area (Å²) >= 11 is 0.916. The normalized spacial score (nSPS) is 12.9. The highest BCUT2D eigenvalue weighted by molar-refractivity contribution is 7.93. The van der Waals surface area contributed by atoms with Crippen LogP contribution < -0.4 is 5.73 Å². The van der Waals surface area contributed by atoms with Gasteiger partial charge in [0.25, 0.3) is 0 Å². The van der Waals surface area contributed by atoms with Gasteiger partial charge in [-0.3, -0.25) is 0 Å². The van der Waals surface area contributed by atoms with Crippen molar-refractivity contribution >= 4 is 37.1 Å². The monoisotopic (exact) mass is 324 g/mol. The fraction of sp³-hybridized carbons (Fsp3) is 0.364. The number of aromatic nitrogens is 1. The first kappa shape index (κ1) is 15.0. The molecule has 0 saturated heterocycles. The third-order valence-electron chi connectivity index (χ3n) is 2.53. The smallest absolute Gasteiger partial charge is 0.389 e. The minimum Gasteiger partial charge on any atom is -0.399 e. The van der Waals surface area contributed by atoms with E-state index in [1.165, 1.54) is 0 Å². The first-order valence-corrected chi connectivity index (χ1v) is 8.10. The van der Waals surface area contributed by atoms with Crippen molar-refractivity contribution in [2.24, 2.45) is 0 Å². The fourth-order valence-corrected chi connectivity index (χ4v) is 4.31. The molecule has 0 amide bonds. The Morgan fingerprint density at radius 1 is 1.30 bits per heavy atom. The van der Waals surface area contributed by atoms with Gasteiger partial charge in [-0.1, -0.05) is 0 Å². The molecular formula is C11H11F3N2O2S2. The summed E-state index contributed by atoms with van der Waals surface area (Å²) in [6, 6.07) is 4.75. The number of sulfone groups is 1. The number of hydrogen-bond donors (Lipinski definition) is 1. The molecule has 2 N–H and O–H groups in total. The zero-order valence-electron chi connectivity index (χ0n) is 10.1. The molecule has 0 aliphatic heterocycles. The van der Waals surface area contributed by atoms with Crippen molar-refractivity contribution in [1.82, 2.24) is 4.98 Å². The van der Waals surface area contributed by atoms with E-state index in [1.807, 2.05) is 0 Å². The molecule has 4 nitrogen and oxygen atoms in total. The lowest BCUT2D eigenvalue weighted by Crippen LogP contribution is -2.12. The van der Waals surface area contributed by atoms with Gasteiger partial charge in [-0.15, -0.1) is 11.3 Å². The summed E-state index contributed by atoms with van der Waals surface area (Å²) in [7, 11) is -3.79. The molecule has 0 radical (unpaired) electrons. The molecule has 110 valence electrons. The van der Waals surface area contributed by atoms with E-state index in [4.69, 9.17) is 5.73 Å². The standard InChI is InChI=1S/C11H11F3N2O2S2/c12-11(13,14)4-1-5-20(17,18)10-16-8-3-2-7(15)6-9(8)19-10/h2-3,6H,1,4-5,15H2. The molecular weight excluding hydrogens is 313 g/mol. The van der Waals surface area contributed by atoms with Crippen LogP contribution in [0.1, 0.15) is 12.8 Å². The van der Waals surface area contributed by atoms with E-state index < -0.39 is 34.6 Å². The van der Waals surface area contributed by atoms with Crippen molar-refractivity contribution in [3.8, 4) is 0 Å². The quantitative estimate of drug-likeness (QED) is 0.878. The summed E-state index contributed by atoms with van der Waals surface area (Å²) in [6.45, 7) is 0. The number of hydrogen-bond acceptors (Lipinski definition) is 5. The highest BCUT2D eigenvalue weighted by Crippen LogP contribution is 2.29. The largest absolute Gasteiger partial charge is 0.399 e. The van der Waals surface area contributed by atoms with E-state index >= 15 is 0 Å². The number of thiazole rings is 1. The number of alkyl halides is 3. The number of nitrogens with two attached hydrogens (primary N) is 1. The minimum atomic E-state index is -4.35. The van der Waals surface area contributed by atoms with Crippen LogP contribution in [0.5, 0.6) is 0 Å². The summed E-state index contributed by atoms with van der Waals surface area (Å²) in [5.41, 5.74) is 6.52. The number of nitrogens with zero attached hydrogens (tertiary/aromatic N) is 1. The van der Waals surface area contributed by atoms with Crippen molar-refractivity contribution in [2.45, 2.75) is 23.4 Å². The van der Waals surface area contributed by atoms with Crippen LogP contribution in [0.25, 0.3) is 10.2 Å². The average molecular weight is 324 g/mol. The fourth-order valence-electron chi connectivity index (χ4n) is 1.60. The Kier molecular flexibility index (Phi) is 3.92. The minimum absolute atomic E-state index is 0.166. The lowest BCUT2D eigenvalue weighted by Gasteiger charge is -2.05. The Balaban J connectivity index is 2.19. The second-order valence-corrected chi connectivity index (χ2v) is 7.56. The summed E-state index contributed by atoms with van der Waals surface area (Å²) in [5, 5.41) is 0. The van der Waals surface area contributed by atoms with Gasteiger partial charge in [0.05, 0.1) is 16.0 Å². The molecule has 0 unspecified atom stereocenters. The maximum Gasteiger partial charge on any atom is 0.389 e. The van der Waals surface area contributed by atoms with Crippen LogP contribution >= 0.6 is 11.3 Å². The number of benzene rings is 1. The summed E-state index contributed by atoms with van der Waals surface area (Å²) < 4.78 is 60.3. The average Bonchev–Trinajstić information content (AvgIpc) is 2.70. The molecule has 1 aromatic heterocycles. The predicted molar refractivity (Wildman–Crippen MR) is 71.4 cm³/mol. The molecule has 0 bridgehead atoms. The van der Waals surface area contributed by atoms with Gasteiger partial charge in [0.2, 0.25) is 14.2 Å². The van der Waals surface area contributed by atoms with Gasteiger partial charge in [0.1, 0.15) is 0 Å². The van der Waals surface area contributed by atoms with Gasteiger partial charge in [0.15, 0.2) is 0 Å². The number of rotatable bonds is 4. The van der Waals surface area contributed by atoms with Crippen molar-refractivity contribution in [3.05, 3.63) is 18.2 Å². The van der Waals surface area contributed by atoms with Crippen LogP contribution in [0.3, 0.4) is 0 Å². The van der Waals surface area contributed by atoms with Crippen molar-refractivity contribution in [1.29, 1.82) is 0 Å². The topological polar surface area (TPSA) is 73.0 Å². The van der Waals surface area contributed by atoms with Crippen LogP contribution in [0, 0.1) is 0 Å². The van der Waals surface area contributed by atoms with Crippen LogP contribution in [0.4, 0.5) is 18.9 Å². The van der Waals surface area contributed by atoms with Crippen molar-refractivity contribution in [2.75, 3.05) is 11.5 Å². The van der Waals surface area contributed by atoms with Gasteiger partial charge in [0, 0.05) is 12.1 Å². The van der Waals surface area contributed by atoms with Gasteiger partial charge < -0.3 is 5.73 Å². The molecule has 0 spiro atoms. The molecule has 0 aliphatic carbocycles. The Hall–Kier alpha value is -1.35. The zero-order valence-corrected chi connectivity index (χ0v) is 11.8. The van der Waals surface area contributed by atoms with Crippen LogP contribution in [-0.2, 0) is 9.84 Å². The third kappa shape index (κ3) is 3.60. The Bertz CT molecular complexity index is 723. The first-order valence-electron chi connectivity index (χ1n) is 5.63. The Labute approximate surface area is 117 Å². The molecule has 2 rings (SSSR count). The van der Waals surface area contributed by atoms with Gasteiger partial charge in [-0.05, 0) is 24.6 Å². The van der Waals surface area contributed by atoms with Crippen LogP contribution in [0.15, 0.2) is 22.5 Å². The third-order valence-corrected chi connectivity index (χ3v) is 5.81. The highest BCUT2D eigenvalue weighted by atomic mass is 32.2. The van der Waals surface area contributed by atoms with Crippen LogP contribution in [0.2, 0.25) is 0 Å². The van der Waals surface area contributed by atoms with Crippen molar-refractivity contribution in [3.63, 3.8) is 0 Å². The Morgan fingerprint density at radius 2 is 2.00 bits per heavy atom. The number of nitrogen functional groups attached to an aromatic ring is 1. The molecule has 9 heteroatoms. The first-order chi connectivity index (χ1) is 9.17. The van der Waals surface area contributed by atoms with E-state index in [9.17, 15) is 21.6 Å². The van der Waals surface area contributed by atoms with Crippen molar-refractivity contribution < 1.29 is 21.6 Å². The summed E-state index contributed by atoms with van der Waals surface area (Å²) in [6.07, 6.45) is -5.94. The molecule has 0 saturated carbocycles. The van der Waals surface area contributed by atoms with E-state index in [2.05, 4.69) is 4.98 Å². The van der Waals surface area contributed by atoms with Gasteiger partial charge in [-0.2, -0.15) is 13.2 Å². The second-order valence-electron chi connectivity index (χ2n) is 4.24. The lowest BCUT2D eigenvalue weighted by molar-refractivity contribution is -0.134. The van der Waals surface area contributed by atoms with E-state index in [0.717, 1.165) is 11.3 Å². The number of fused-ring (bicyclic) bond motifs is 1. The molecule has 0 aliphatic rings. The maximum absolute atomic E-state index is 12.0. The van der Waals surface area contributed by atoms with Gasteiger partial charge >= 0.3 is 6.18 Å². The lowest BCUT2D eigenvalue weighted by atomic mass is 10.3. The molecule has 20 heavy (non-hydrogen) atoms. The Morgan fingerprint density at radius 3 is 2.65 bits per heavy atom. The van der Waals surface area contributed by atoms with E-state index in [0.29, 0.717) is 15.9 Å². The second kappa shape index (κ2) is 5.21. The molecule has 2 aromatic rings. The van der Waals surface area contributed by atoms with E-state index in [1.54, 1.807) is 18.2 Å². The predicted octanol–water partition coefficient (Wildman–Crippen LogP) is 2.99. The van der Waals surface area contributed by atoms with E-state index in [-0.39, 0.29) is 4.34 Å². The molecule has 0 atom stereocenters. The molecule has 0 fully saturated rings. The summed E-state index contributed by atoms with van der Waals surface area (Å²) in [4.78, 5) is 3.93. The maximum atomic E-state index is 12.0.